The molecule has 0 saturated heterocycles. The van der Waals surface area contributed by atoms with Crippen LogP contribution in [0.1, 0.15) is 13.8 Å². The summed E-state index contributed by atoms with van der Waals surface area (Å²) >= 11 is 0. The molecule has 0 bridgehead atoms. The van der Waals surface area contributed by atoms with Crippen molar-refractivity contribution in [2.24, 2.45) is 9.98 Å². The SMILES string of the molecule is COC(=O)/C(C=Nc1ccccc1N=C/C(C(=O)OC)=C(/C)O)=C(\C)O. The molecule has 0 heterocycles. The van der Waals surface area contributed by atoms with Gasteiger partial charge in [-0.2, -0.15) is 0 Å². The number of aliphatic hydroxyl groups excluding tert-OH is 2. The Balaban J connectivity index is 3.24. The summed E-state index contributed by atoms with van der Waals surface area (Å²) in [5, 5.41) is 19.1. The first-order valence-electron chi connectivity index (χ1n) is 7.45. The van der Waals surface area contributed by atoms with Gasteiger partial charge in [-0.05, 0) is 26.0 Å². The van der Waals surface area contributed by atoms with Crippen LogP contribution in [0.2, 0.25) is 0 Å². The van der Waals surface area contributed by atoms with Crippen LogP contribution >= 0.6 is 0 Å². The highest BCUT2D eigenvalue weighted by Gasteiger charge is 2.12. The fraction of sp³-hybridized carbons (Fsp3) is 0.222. The smallest absolute Gasteiger partial charge is 0.342 e. The lowest BCUT2D eigenvalue weighted by Crippen LogP contribution is -2.08. The minimum atomic E-state index is -0.735. The number of carbonyl (C=O) groups excluding carboxylic acids is 2. The van der Waals surface area contributed by atoms with Crippen molar-refractivity contribution < 1.29 is 29.3 Å². The van der Waals surface area contributed by atoms with Gasteiger partial charge in [-0.3, -0.25) is 9.98 Å². The van der Waals surface area contributed by atoms with Crippen LogP contribution in [0.15, 0.2) is 56.9 Å². The van der Waals surface area contributed by atoms with Crippen LogP contribution in [0.5, 0.6) is 0 Å². The van der Waals surface area contributed by atoms with Gasteiger partial charge in [0.05, 0.1) is 25.6 Å². The van der Waals surface area contributed by atoms with Crippen LogP contribution in [0.3, 0.4) is 0 Å². The maximum atomic E-state index is 11.6. The monoisotopic (exact) mass is 360 g/mol. The van der Waals surface area contributed by atoms with Crippen LogP contribution in [-0.4, -0.2) is 48.8 Å². The highest BCUT2D eigenvalue weighted by molar-refractivity contribution is 6.11. The van der Waals surface area contributed by atoms with Crippen molar-refractivity contribution in [2.75, 3.05) is 14.2 Å². The van der Waals surface area contributed by atoms with Gasteiger partial charge in [-0.15, -0.1) is 0 Å². The van der Waals surface area contributed by atoms with Crippen molar-refractivity contribution in [3.05, 3.63) is 46.9 Å². The standard InChI is InChI=1S/C18H20N2O6/c1-11(21)13(17(23)25-3)9-19-15-7-5-6-8-16(15)20-10-14(12(2)22)18(24)26-4/h5-10,21-22H,1-4H3/b13-11+,14-12+,19-9?,20-10?. The molecule has 0 unspecified atom stereocenters. The lowest BCUT2D eigenvalue weighted by Gasteiger charge is -2.03. The molecule has 0 radical (unpaired) electrons. The second-order valence-electron chi connectivity index (χ2n) is 4.99. The number of nitrogens with zero attached hydrogens (tertiary/aromatic N) is 2. The molecule has 0 aliphatic carbocycles. The Morgan fingerprint density at radius 3 is 1.46 bits per heavy atom. The van der Waals surface area contributed by atoms with E-state index in [0.29, 0.717) is 11.4 Å². The quantitative estimate of drug-likeness (QED) is 0.348. The lowest BCUT2D eigenvalue weighted by atomic mass is 10.2. The first kappa shape index (κ1) is 20.6. The van der Waals surface area contributed by atoms with E-state index in [2.05, 4.69) is 19.5 Å². The Hall–Kier alpha value is -3.42. The summed E-state index contributed by atoms with van der Waals surface area (Å²) in [4.78, 5) is 31.5. The number of ether oxygens (including phenoxy) is 2. The Morgan fingerprint density at radius 1 is 0.846 bits per heavy atom. The number of hydrogen-bond acceptors (Lipinski definition) is 8. The third-order valence-corrected chi connectivity index (χ3v) is 3.14. The predicted molar refractivity (Wildman–Crippen MR) is 97.4 cm³/mol. The molecule has 0 spiro atoms. The molecule has 1 aromatic carbocycles. The number of benzene rings is 1. The second kappa shape index (κ2) is 9.77. The normalized spacial score (nSPS) is 13.4. The van der Waals surface area contributed by atoms with Gasteiger partial charge >= 0.3 is 11.9 Å². The van der Waals surface area contributed by atoms with E-state index in [0.717, 1.165) is 12.4 Å². The van der Waals surface area contributed by atoms with E-state index in [-0.39, 0.29) is 22.7 Å². The van der Waals surface area contributed by atoms with Gasteiger partial charge in [0.2, 0.25) is 0 Å². The van der Waals surface area contributed by atoms with Gasteiger partial charge in [0, 0.05) is 12.4 Å². The zero-order valence-electron chi connectivity index (χ0n) is 14.9. The average Bonchev–Trinajstić information content (AvgIpc) is 2.61. The lowest BCUT2D eigenvalue weighted by molar-refractivity contribution is -0.136. The molecule has 1 aromatic rings. The maximum absolute atomic E-state index is 11.6. The van der Waals surface area contributed by atoms with Gasteiger partial charge in [-0.1, -0.05) is 12.1 Å². The molecular weight excluding hydrogens is 340 g/mol. The van der Waals surface area contributed by atoms with Crippen molar-refractivity contribution in [3.63, 3.8) is 0 Å². The van der Waals surface area contributed by atoms with Gasteiger partial charge in [0.25, 0.3) is 0 Å². The Morgan fingerprint density at radius 2 is 1.19 bits per heavy atom. The van der Waals surface area contributed by atoms with E-state index in [9.17, 15) is 19.8 Å². The van der Waals surface area contributed by atoms with Crippen LogP contribution in [0.4, 0.5) is 11.4 Å². The van der Waals surface area contributed by atoms with Crippen LogP contribution in [0.25, 0.3) is 0 Å². The summed E-state index contributed by atoms with van der Waals surface area (Å²) in [5.74, 6) is -1.95. The summed E-state index contributed by atoms with van der Waals surface area (Å²) in [6.07, 6.45) is 2.31. The number of methoxy groups -OCH3 is 2. The number of aliphatic hydroxyl groups is 2. The first-order chi connectivity index (χ1) is 12.3. The molecule has 8 heteroatoms. The Labute approximate surface area is 150 Å². The molecule has 26 heavy (non-hydrogen) atoms. The number of hydrogen-bond donors (Lipinski definition) is 2. The number of rotatable bonds is 6. The molecule has 0 aliphatic rings. The van der Waals surface area contributed by atoms with Crippen LogP contribution in [0, 0.1) is 0 Å². The number of aliphatic imine (C=N–C) groups is 2. The fourth-order valence-electron chi connectivity index (χ4n) is 1.76. The summed E-state index contributed by atoms with van der Waals surface area (Å²) in [7, 11) is 2.38. The molecule has 0 amide bonds. The minimum absolute atomic E-state index is 0.104. The molecule has 1 rings (SSSR count). The van der Waals surface area contributed by atoms with E-state index in [1.807, 2.05) is 0 Å². The molecule has 0 aliphatic heterocycles. The molecule has 2 N–H and O–H groups in total. The number of esters is 2. The van der Waals surface area contributed by atoms with Crippen molar-refractivity contribution in [2.45, 2.75) is 13.8 Å². The molecule has 0 saturated carbocycles. The van der Waals surface area contributed by atoms with Crippen molar-refractivity contribution in [1.82, 2.24) is 0 Å². The Kier molecular flexibility index (Phi) is 7.75. The highest BCUT2D eigenvalue weighted by Crippen LogP contribution is 2.27. The summed E-state index contributed by atoms with van der Waals surface area (Å²) in [5.41, 5.74) is 0.526. The van der Waals surface area contributed by atoms with E-state index in [4.69, 9.17) is 0 Å². The van der Waals surface area contributed by atoms with Crippen molar-refractivity contribution >= 4 is 35.7 Å². The third-order valence-electron chi connectivity index (χ3n) is 3.14. The minimum Gasteiger partial charge on any atom is -0.512 e. The van der Waals surface area contributed by atoms with Crippen LogP contribution < -0.4 is 0 Å². The van der Waals surface area contributed by atoms with E-state index in [1.165, 1.54) is 28.1 Å². The second-order valence-corrected chi connectivity index (χ2v) is 4.99. The van der Waals surface area contributed by atoms with Gasteiger partial charge < -0.3 is 19.7 Å². The predicted octanol–water partition coefficient (Wildman–Crippen LogP) is 3.10. The van der Waals surface area contributed by atoms with Gasteiger partial charge in [0.1, 0.15) is 22.7 Å². The Bertz CT molecular complexity index is 731. The van der Waals surface area contributed by atoms with Crippen LogP contribution in [-0.2, 0) is 19.1 Å². The number of para-hydroxylation sites is 2. The van der Waals surface area contributed by atoms with Crippen molar-refractivity contribution in [3.8, 4) is 0 Å². The number of carbonyl (C=O) groups is 2. The largest absolute Gasteiger partial charge is 0.512 e. The average molecular weight is 360 g/mol. The summed E-state index contributed by atoms with van der Waals surface area (Å²) in [6, 6.07) is 6.65. The highest BCUT2D eigenvalue weighted by atomic mass is 16.5. The zero-order chi connectivity index (χ0) is 19.7. The van der Waals surface area contributed by atoms with E-state index < -0.39 is 11.9 Å². The zero-order valence-corrected chi connectivity index (χ0v) is 14.9. The maximum Gasteiger partial charge on any atom is 0.342 e. The van der Waals surface area contributed by atoms with Gasteiger partial charge in [-0.25, -0.2) is 9.59 Å². The topological polar surface area (TPSA) is 118 Å². The molecule has 8 nitrogen and oxygen atoms in total. The molecular formula is C18H20N2O6. The number of allylic oxidation sites excluding steroid dienone is 2. The molecule has 0 aromatic heterocycles. The van der Waals surface area contributed by atoms with Gasteiger partial charge in [0.15, 0.2) is 0 Å². The van der Waals surface area contributed by atoms with Crippen molar-refractivity contribution in [1.29, 1.82) is 0 Å². The van der Waals surface area contributed by atoms with E-state index >= 15 is 0 Å². The fourth-order valence-corrected chi connectivity index (χ4v) is 1.76. The third kappa shape index (κ3) is 5.59. The summed E-state index contributed by atoms with van der Waals surface area (Å²) < 4.78 is 9.15. The first-order valence-corrected chi connectivity index (χ1v) is 7.45. The summed E-state index contributed by atoms with van der Waals surface area (Å²) in [6.45, 7) is 2.67. The van der Waals surface area contributed by atoms with E-state index in [1.54, 1.807) is 24.3 Å². The molecule has 0 fully saturated rings. The molecule has 138 valence electrons. The molecule has 0 atom stereocenters.